The smallest absolute Gasteiger partial charge is 0.0952 e. The Morgan fingerprint density at radius 3 is 2.88 bits per heavy atom. The SMILES string of the molecule is CC[C@@H]1N=C(C)CS1. The molecule has 0 aromatic rings. The number of hydrogen-bond acceptors (Lipinski definition) is 2. The van der Waals surface area contributed by atoms with Gasteiger partial charge in [0.15, 0.2) is 0 Å². The van der Waals surface area contributed by atoms with E-state index in [2.05, 4.69) is 18.8 Å². The van der Waals surface area contributed by atoms with Gasteiger partial charge in [0, 0.05) is 11.5 Å². The normalized spacial score (nSPS) is 28.2. The summed E-state index contributed by atoms with van der Waals surface area (Å²) in [7, 11) is 0. The van der Waals surface area contributed by atoms with Gasteiger partial charge in [-0.1, -0.05) is 6.92 Å². The molecule has 1 heterocycles. The molecule has 1 nitrogen and oxygen atoms in total. The van der Waals surface area contributed by atoms with E-state index in [0.29, 0.717) is 5.37 Å². The molecule has 0 spiro atoms. The minimum Gasteiger partial charge on any atom is -0.279 e. The molecular formula is C6H11NS. The first-order valence-corrected chi connectivity index (χ1v) is 4.02. The molecule has 2 heteroatoms. The third-order valence-electron chi connectivity index (χ3n) is 1.20. The van der Waals surface area contributed by atoms with Crippen LogP contribution in [0.15, 0.2) is 4.99 Å². The van der Waals surface area contributed by atoms with Gasteiger partial charge in [0.25, 0.3) is 0 Å². The highest BCUT2D eigenvalue weighted by Gasteiger charge is 2.11. The summed E-state index contributed by atoms with van der Waals surface area (Å²) in [4.78, 5) is 4.39. The molecule has 0 bridgehead atoms. The molecule has 1 aliphatic heterocycles. The van der Waals surface area contributed by atoms with Crippen molar-refractivity contribution in [3.63, 3.8) is 0 Å². The van der Waals surface area contributed by atoms with Crippen molar-refractivity contribution in [1.82, 2.24) is 0 Å². The third kappa shape index (κ3) is 1.25. The molecule has 0 unspecified atom stereocenters. The van der Waals surface area contributed by atoms with Crippen molar-refractivity contribution < 1.29 is 0 Å². The molecule has 8 heavy (non-hydrogen) atoms. The summed E-state index contributed by atoms with van der Waals surface area (Å²) in [5, 5.41) is 0.579. The van der Waals surface area contributed by atoms with Gasteiger partial charge < -0.3 is 0 Å². The molecule has 0 aromatic heterocycles. The molecule has 1 atom stereocenters. The molecule has 0 amide bonds. The van der Waals surface area contributed by atoms with E-state index in [9.17, 15) is 0 Å². The first-order chi connectivity index (χ1) is 3.83. The van der Waals surface area contributed by atoms with Gasteiger partial charge in [-0.05, 0) is 13.3 Å². The van der Waals surface area contributed by atoms with Gasteiger partial charge >= 0.3 is 0 Å². The van der Waals surface area contributed by atoms with E-state index in [1.807, 2.05) is 11.8 Å². The molecule has 0 aliphatic carbocycles. The summed E-state index contributed by atoms with van der Waals surface area (Å²) in [5.41, 5.74) is 1.31. The van der Waals surface area contributed by atoms with Gasteiger partial charge in [0.05, 0.1) is 5.37 Å². The minimum absolute atomic E-state index is 0.579. The average Bonchev–Trinajstić information content (AvgIpc) is 2.14. The van der Waals surface area contributed by atoms with Crippen molar-refractivity contribution in [2.24, 2.45) is 4.99 Å². The monoisotopic (exact) mass is 129 g/mol. The van der Waals surface area contributed by atoms with Gasteiger partial charge in [-0.3, -0.25) is 4.99 Å². The van der Waals surface area contributed by atoms with E-state index in [1.54, 1.807) is 0 Å². The number of nitrogens with zero attached hydrogens (tertiary/aromatic N) is 1. The highest BCUT2D eigenvalue weighted by Crippen LogP contribution is 2.21. The van der Waals surface area contributed by atoms with Crippen LogP contribution in [0.25, 0.3) is 0 Å². The van der Waals surface area contributed by atoms with Crippen LogP contribution in [0, 0.1) is 0 Å². The fourth-order valence-corrected chi connectivity index (χ4v) is 1.74. The molecule has 1 aliphatic rings. The topological polar surface area (TPSA) is 12.4 Å². The van der Waals surface area contributed by atoms with Crippen molar-refractivity contribution in [1.29, 1.82) is 0 Å². The quantitative estimate of drug-likeness (QED) is 0.527. The number of hydrogen-bond donors (Lipinski definition) is 0. The molecule has 0 saturated heterocycles. The average molecular weight is 129 g/mol. The Hall–Kier alpha value is 0.0200. The molecule has 0 fully saturated rings. The van der Waals surface area contributed by atoms with Crippen LogP contribution in [0.1, 0.15) is 20.3 Å². The largest absolute Gasteiger partial charge is 0.279 e. The molecule has 0 saturated carbocycles. The van der Waals surface area contributed by atoms with Gasteiger partial charge in [-0.2, -0.15) is 0 Å². The van der Waals surface area contributed by atoms with Crippen LogP contribution in [0.2, 0.25) is 0 Å². The third-order valence-corrected chi connectivity index (χ3v) is 2.61. The van der Waals surface area contributed by atoms with Crippen LogP contribution >= 0.6 is 11.8 Å². The predicted molar refractivity (Wildman–Crippen MR) is 39.6 cm³/mol. The molecular weight excluding hydrogens is 118 g/mol. The minimum atomic E-state index is 0.579. The zero-order chi connectivity index (χ0) is 5.98. The Bertz CT molecular complexity index is 109. The fraction of sp³-hybridized carbons (Fsp3) is 0.833. The molecule has 0 aromatic carbocycles. The standard InChI is InChI=1S/C6H11NS/c1-3-6-7-5(2)4-8-6/h6H,3-4H2,1-2H3/t6-/m1/s1. The van der Waals surface area contributed by atoms with E-state index in [-0.39, 0.29) is 0 Å². The lowest BCUT2D eigenvalue weighted by molar-refractivity contribution is 0.880. The first-order valence-electron chi connectivity index (χ1n) is 2.98. The number of thioether (sulfide) groups is 1. The second-order valence-electron chi connectivity index (χ2n) is 2.04. The van der Waals surface area contributed by atoms with Crippen molar-refractivity contribution >= 4 is 17.5 Å². The highest BCUT2D eigenvalue weighted by atomic mass is 32.2. The lowest BCUT2D eigenvalue weighted by Crippen LogP contribution is -1.88. The number of rotatable bonds is 1. The summed E-state index contributed by atoms with van der Waals surface area (Å²) in [6.07, 6.45) is 1.18. The van der Waals surface area contributed by atoms with Crippen LogP contribution in [-0.4, -0.2) is 16.8 Å². The van der Waals surface area contributed by atoms with Crippen LogP contribution in [0.5, 0.6) is 0 Å². The summed E-state index contributed by atoms with van der Waals surface area (Å²) >= 11 is 1.95. The van der Waals surface area contributed by atoms with Crippen LogP contribution in [0.3, 0.4) is 0 Å². The van der Waals surface area contributed by atoms with E-state index in [1.165, 1.54) is 12.1 Å². The maximum atomic E-state index is 4.39. The van der Waals surface area contributed by atoms with Crippen LogP contribution in [0.4, 0.5) is 0 Å². The predicted octanol–water partition coefficient (Wildman–Crippen LogP) is 1.93. The van der Waals surface area contributed by atoms with Crippen molar-refractivity contribution in [2.75, 3.05) is 5.75 Å². The van der Waals surface area contributed by atoms with E-state index < -0.39 is 0 Å². The van der Waals surface area contributed by atoms with E-state index in [0.717, 1.165) is 5.75 Å². The summed E-state index contributed by atoms with van der Waals surface area (Å²) in [5.74, 6) is 1.15. The van der Waals surface area contributed by atoms with Gasteiger partial charge in [0.1, 0.15) is 0 Å². The summed E-state index contributed by atoms with van der Waals surface area (Å²) < 4.78 is 0. The Morgan fingerprint density at radius 2 is 2.62 bits per heavy atom. The Morgan fingerprint density at radius 1 is 1.88 bits per heavy atom. The lowest BCUT2D eigenvalue weighted by Gasteiger charge is -1.96. The molecule has 0 N–H and O–H groups in total. The Labute approximate surface area is 54.6 Å². The zero-order valence-corrected chi connectivity index (χ0v) is 6.16. The summed E-state index contributed by atoms with van der Waals surface area (Å²) in [6, 6.07) is 0. The Balaban J connectivity index is 2.41. The molecule has 0 radical (unpaired) electrons. The first kappa shape index (κ1) is 6.14. The van der Waals surface area contributed by atoms with Gasteiger partial charge in [-0.15, -0.1) is 11.8 Å². The maximum Gasteiger partial charge on any atom is 0.0952 e. The van der Waals surface area contributed by atoms with Gasteiger partial charge in [-0.25, -0.2) is 0 Å². The number of aliphatic imine (C=N–C) groups is 1. The Kier molecular flexibility index (Phi) is 1.95. The lowest BCUT2D eigenvalue weighted by atomic mass is 10.4. The second kappa shape index (κ2) is 2.53. The van der Waals surface area contributed by atoms with Crippen molar-refractivity contribution in [3.05, 3.63) is 0 Å². The zero-order valence-electron chi connectivity index (χ0n) is 5.35. The fourth-order valence-electron chi connectivity index (χ4n) is 0.746. The van der Waals surface area contributed by atoms with E-state index in [4.69, 9.17) is 0 Å². The van der Waals surface area contributed by atoms with Crippen LogP contribution < -0.4 is 0 Å². The van der Waals surface area contributed by atoms with Crippen molar-refractivity contribution in [3.8, 4) is 0 Å². The molecule has 46 valence electrons. The van der Waals surface area contributed by atoms with Crippen LogP contribution in [-0.2, 0) is 0 Å². The maximum absolute atomic E-state index is 4.39. The van der Waals surface area contributed by atoms with Crippen molar-refractivity contribution in [2.45, 2.75) is 25.6 Å². The highest BCUT2D eigenvalue weighted by molar-refractivity contribution is 8.00. The second-order valence-corrected chi connectivity index (χ2v) is 3.20. The molecule has 1 rings (SSSR count). The van der Waals surface area contributed by atoms with Gasteiger partial charge in [0.2, 0.25) is 0 Å². The van der Waals surface area contributed by atoms with E-state index >= 15 is 0 Å². The summed E-state index contributed by atoms with van der Waals surface area (Å²) in [6.45, 7) is 4.28.